The normalized spacial score (nSPS) is 23.3. The number of carboxylic acid groups (broad SMARTS) is 1. The minimum absolute atomic E-state index is 0.228. The first-order valence-corrected chi connectivity index (χ1v) is 8.13. The number of aliphatic imine (C=N–C) groups is 1. The number of halogens is 1. The van der Waals surface area contributed by atoms with Crippen molar-refractivity contribution in [2.24, 2.45) is 22.7 Å². The number of hydrogen-bond donors (Lipinski definition) is 1. The zero-order valence-electron chi connectivity index (χ0n) is 13.8. The van der Waals surface area contributed by atoms with E-state index < -0.39 is 5.97 Å². The zero-order chi connectivity index (χ0) is 17.0. The predicted molar refractivity (Wildman–Crippen MR) is 91.5 cm³/mol. The Morgan fingerprint density at radius 2 is 2.04 bits per heavy atom. The molecule has 1 N–H and O–H groups in total. The van der Waals surface area contributed by atoms with Crippen molar-refractivity contribution in [3.8, 4) is 0 Å². The van der Waals surface area contributed by atoms with E-state index in [0.29, 0.717) is 11.6 Å². The highest BCUT2D eigenvalue weighted by Gasteiger charge is 2.30. The van der Waals surface area contributed by atoms with Gasteiger partial charge in [0, 0.05) is 5.56 Å². The van der Waals surface area contributed by atoms with Crippen LogP contribution in [-0.4, -0.2) is 17.8 Å². The zero-order valence-corrected chi connectivity index (χ0v) is 13.8. The molecule has 1 fully saturated rings. The maximum absolute atomic E-state index is 13.6. The van der Waals surface area contributed by atoms with Crippen LogP contribution in [0.2, 0.25) is 0 Å². The predicted octanol–water partition coefficient (Wildman–Crippen LogP) is 5.09. The maximum Gasteiger partial charge on any atom is 0.306 e. The van der Waals surface area contributed by atoms with Gasteiger partial charge in [0.05, 0.1) is 11.6 Å². The van der Waals surface area contributed by atoms with Crippen LogP contribution in [0.1, 0.15) is 45.1 Å². The van der Waals surface area contributed by atoms with Gasteiger partial charge >= 0.3 is 5.97 Å². The molecule has 1 aromatic carbocycles. The molecule has 0 aromatic heterocycles. The first-order chi connectivity index (χ1) is 11.0. The molecule has 3 nitrogen and oxygen atoms in total. The Hall–Kier alpha value is -1.97. The van der Waals surface area contributed by atoms with Crippen molar-refractivity contribution < 1.29 is 14.3 Å². The summed E-state index contributed by atoms with van der Waals surface area (Å²) < 4.78 is 13.6. The van der Waals surface area contributed by atoms with E-state index in [1.807, 2.05) is 13.0 Å². The van der Waals surface area contributed by atoms with Gasteiger partial charge < -0.3 is 5.11 Å². The van der Waals surface area contributed by atoms with Gasteiger partial charge in [-0.05, 0) is 74.9 Å². The lowest BCUT2D eigenvalue weighted by Crippen LogP contribution is -2.25. The number of carbonyl (C=O) groups is 1. The van der Waals surface area contributed by atoms with Crippen LogP contribution in [0, 0.1) is 23.6 Å². The molecule has 1 aromatic rings. The second-order valence-corrected chi connectivity index (χ2v) is 6.30. The molecule has 0 bridgehead atoms. The lowest BCUT2D eigenvalue weighted by molar-refractivity contribution is -0.143. The number of aliphatic carboxylic acids is 1. The van der Waals surface area contributed by atoms with Crippen LogP contribution in [0.5, 0.6) is 0 Å². The molecule has 0 aliphatic heterocycles. The minimum Gasteiger partial charge on any atom is -0.481 e. The second kappa shape index (κ2) is 7.53. The van der Waals surface area contributed by atoms with Gasteiger partial charge in [0.1, 0.15) is 5.82 Å². The summed E-state index contributed by atoms with van der Waals surface area (Å²) in [6.07, 6.45) is 5.66. The largest absolute Gasteiger partial charge is 0.481 e. The molecule has 0 saturated heterocycles. The standard InChI is InChI=1S/C19H24FNO2/c1-4-16(17-11-15(20)9-10-18(17)21-3)14-7-5-13(6-8-14)12(2)19(22)23/h4,9-14H,3,5-8H2,1-2H3,(H,22,23)/b16-4-. The Morgan fingerprint density at radius 3 is 2.57 bits per heavy atom. The molecule has 2 rings (SSSR count). The molecule has 4 heteroatoms. The smallest absolute Gasteiger partial charge is 0.306 e. The van der Waals surface area contributed by atoms with Gasteiger partial charge in [-0.2, -0.15) is 0 Å². The summed E-state index contributed by atoms with van der Waals surface area (Å²) in [5, 5.41) is 9.16. The number of benzene rings is 1. The summed E-state index contributed by atoms with van der Waals surface area (Å²) in [5.74, 6) is -0.751. The van der Waals surface area contributed by atoms with Crippen LogP contribution >= 0.6 is 0 Å². The van der Waals surface area contributed by atoms with Gasteiger partial charge in [-0.25, -0.2) is 4.39 Å². The number of carboxylic acids is 1. The molecule has 0 spiro atoms. The SMILES string of the molecule is C=Nc1ccc(F)cc1/C(=C\C)C1CCC(C(C)C(=O)O)CC1. The third-order valence-corrected chi connectivity index (χ3v) is 5.06. The highest BCUT2D eigenvalue weighted by molar-refractivity contribution is 5.77. The van der Waals surface area contributed by atoms with Gasteiger partial charge in [0.2, 0.25) is 0 Å². The summed E-state index contributed by atoms with van der Waals surface area (Å²) >= 11 is 0. The number of hydrogen-bond acceptors (Lipinski definition) is 2. The number of nitrogens with zero attached hydrogens (tertiary/aromatic N) is 1. The van der Waals surface area contributed by atoms with E-state index in [1.54, 1.807) is 13.0 Å². The summed E-state index contributed by atoms with van der Waals surface area (Å²) in [6.45, 7) is 7.32. The summed E-state index contributed by atoms with van der Waals surface area (Å²) in [6, 6.07) is 4.57. The van der Waals surface area contributed by atoms with Crippen molar-refractivity contribution in [3.05, 3.63) is 35.7 Å². The molecule has 1 saturated carbocycles. The average Bonchev–Trinajstić information content (AvgIpc) is 2.55. The van der Waals surface area contributed by atoms with Crippen LogP contribution < -0.4 is 0 Å². The first kappa shape index (κ1) is 17.4. The molecule has 0 heterocycles. The molecule has 1 aliphatic carbocycles. The molecule has 0 radical (unpaired) electrons. The number of rotatable bonds is 5. The molecular formula is C19H24FNO2. The van der Waals surface area contributed by atoms with E-state index in [9.17, 15) is 9.18 Å². The molecule has 1 aliphatic rings. The van der Waals surface area contributed by atoms with Gasteiger partial charge in [-0.15, -0.1) is 0 Å². The van der Waals surface area contributed by atoms with E-state index in [-0.39, 0.29) is 17.7 Å². The first-order valence-electron chi connectivity index (χ1n) is 8.13. The van der Waals surface area contributed by atoms with Crippen molar-refractivity contribution in [2.75, 3.05) is 0 Å². The third kappa shape index (κ3) is 3.87. The molecular weight excluding hydrogens is 293 g/mol. The van der Waals surface area contributed by atoms with Crippen LogP contribution in [0.4, 0.5) is 10.1 Å². The van der Waals surface area contributed by atoms with Gasteiger partial charge in [0.25, 0.3) is 0 Å². The van der Waals surface area contributed by atoms with Crippen molar-refractivity contribution in [1.29, 1.82) is 0 Å². The average molecular weight is 317 g/mol. The van der Waals surface area contributed by atoms with Crippen molar-refractivity contribution in [1.82, 2.24) is 0 Å². The molecule has 124 valence electrons. The Kier molecular flexibility index (Phi) is 5.69. The fourth-order valence-corrected chi connectivity index (χ4v) is 3.62. The van der Waals surface area contributed by atoms with Gasteiger partial charge in [-0.3, -0.25) is 9.79 Å². The molecule has 23 heavy (non-hydrogen) atoms. The van der Waals surface area contributed by atoms with Crippen molar-refractivity contribution >= 4 is 23.9 Å². The van der Waals surface area contributed by atoms with E-state index in [2.05, 4.69) is 11.7 Å². The van der Waals surface area contributed by atoms with E-state index in [0.717, 1.165) is 36.8 Å². The van der Waals surface area contributed by atoms with Crippen LogP contribution in [0.3, 0.4) is 0 Å². The quantitative estimate of drug-likeness (QED) is 0.769. The Morgan fingerprint density at radius 1 is 1.39 bits per heavy atom. The minimum atomic E-state index is -0.719. The Labute approximate surface area is 136 Å². The van der Waals surface area contributed by atoms with Crippen molar-refractivity contribution in [2.45, 2.75) is 39.5 Å². The fourth-order valence-electron chi connectivity index (χ4n) is 3.62. The topological polar surface area (TPSA) is 49.7 Å². The van der Waals surface area contributed by atoms with Gasteiger partial charge in [0.15, 0.2) is 0 Å². The van der Waals surface area contributed by atoms with E-state index in [1.165, 1.54) is 12.1 Å². The summed E-state index contributed by atoms with van der Waals surface area (Å²) in [5.41, 5.74) is 2.59. The van der Waals surface area contributed by atoms with Crippen LogP contribution in [0.15, 0.2) is 29.3 Å². The van der Waals surface area contributed by atoms with Gasteiger partial charge in [-0.1, -0.05) is 13.0 Å². The van der Waals surface area contributed by atoms with Crippen LogP contribution in [0.25, 0.3) is 5.57 Å². The Bertz CT molecular complexity index is 616. The fraction of sp³-hybridized carbons (Fsp3) is 0.474. The van der Waals surface area contributed by atoms with Crippen molar-refractivity contribution in [3.63, 3.8) is 0 Å². The Balaban J connectivity index is 2.17. The molecule has 0 amide bonds. The maximum atomic E-state index is 13.6. The second-order valence-electron chi connectivity index (χ2n) is 6.30. The summed E-state index contributed by atoms with van der Waals surface area (Å²) in [7, 11) is 0. The summed E-state index contributed by atoms with van der Waals surface area (Å²) in [4.78, 5) is 15.1. The lowest BCUT2D eigenvalue weighted by atomic mass is 9.72. The molecule has 1 atom stereocenters. The lowest BCUT2D eigenvalue weighted by Gasteiger charge is -2.32. The third-order valence-electron chi connectivity index (χ3n) is 5.06. The van der Waals surface area contributed by atoms with E-state index in [4.69, 9.17) is 5.11 Å². The highest BCUT2D eigenvalue weighted by atomic mass is 19.1. The monoisotopic (exact) mass is 317 g/mol. The van der Waals surface area contributed by atoms with Crippen LogP contribution in [-0.2, 0) is 4.79 Å². The number of allylic oxidation sites excluding steroid dienone is 2. The highest BCUT2D eigenvalue weighted by Crippen LogP contribution is 2.42. The van der Waals surface area contributed by atoms with E-state index >= 15 is 0 Å². The molecule has 1 unspecified atom stereocenters.